The maximum absolute atomic E-state index is 14.8. The third-order valence-electron chi connectivity index (χ3n) is 6.86. The van der Waals surface area contributed by atoms with Gasteiger partial charge in [0, 0.05) is 23.7 Å². The first kappa shape index (κ1) is 26.9. The SMILES string of the molecule is Cc1ccc(C(c2ccccc2)C(N)C(=O)Nc2cccc(F)c2CCC2CNC(CO)CO2)cc1F. The van der Waals surface area contributed by atoms with Gasteiger partial charge in [-0.3, -0.25) is 4.79 Å². The lowest BCUT2D eigenvalue weighted by Gasteiger charge is -2.29. The zero-order chi connectivity index (χ0) is 26.4. The first-order valence-electron chi connectivity index (χ1n) is 12.5. The van der Waals surface area contributed by atoms with Crippen molar-refractivity contribution >= 4 is 11.6 Å². The number of carbonyl (C=O) groups excluding carboxylic acids is 1. The molecule has 3 aromatic rings. The molecule has 0 radical (unpaired) electrons. The molecule has 1 saturated heterocycles. The smallest absolute Gasteiger partial charge is 0.242 e. The van der Waals surface area contributed by atoms with Crippen LogP contribution < -0.4 is 16.4 Å². The summed E-state index contributed by atoms with van der Waals surface area (Å²) in [6.07, 6.45) is 0.752. The number of aliphatic hydroxyl groups excluding tert-OH is 1. The van der Waals surface area contributed by atoms with Crippen molar-refractivity contribution in [2.45, 2.75) is 43.9 Å². The van der Waals surface area contributed by atoms with Crippen LogP contribution in [0.3, 0.4) is 0 Å². The molecule has 4 atom stereocenters. The predicted molar refractivity (Wildman–Crippen MR) is 139 cm³/mol. The molecule has 0 aliphatic carbocycles. The normalized spacial score (nSPS) is 19.3. The van der Waals surface area contributed by atoms with Crippen LogP contribution in [-0.4, -0.2) is 49.0 Å². The molecule has 4 rings (SSSR count). The first-order chi connectivity index (χ1) is 17.9. The fraction of sp³-hybridized carbons (Fsp3) is 0.345. The highest BCUT2D eigenvalue weighted by molar-refractivity contribution is 5.96. The van der Waals surface area contributed by atoms with E-state index in [1.807, 2.05) is 30.3 Å². The van der Waals surface area contributed by atoms with Crippen molar-refractivity contribution in [2.75, 3.05) is 25.1 Å². The minimum absolute atomic E-state index is 0.00429. The molecule has 6 nitrogen and oxygen atoms in total. The van der Waals surface area contributed by atoms with Crippen LogP contribution in [0.1, 0.15) is 34.6 Å². The van der Waals surface area contributed by atoms with E-state index in [0.29, 0.717) is 48.4 Å². The summed E-state index contributed by atoms with van der Waals surface area (Å²) in [5.41, 5.74) is 9.06. The number of hydrogen-bond donors (Lipinski definition) is 4. The van der Waals surface area contributed by atoms with Crippen molar-refractivity contribution < 1.29 is 23.4 Å². The number of aliphatic hydroxyl groups is 1. The van der Waals surface area contributed by atoms with E-state index in [9.17, 15) is 18.7 Å². The van der Waals surface area contributed by atoms with Gasteiger partial charge in [0.05, 0.1) is 31.4 Å². The molecule has 1 amide bonds. The number of morpholine rings is 1. The lowest BCUT2D eigenvalue weighted by Crippen LogP contribution is -2.48. The Labute approximate surface area is 215 Å². The third kappa shape index (κ3) is 6.59. The van der Waals surface area contributed by atoms with Crippen molar-refractivity contribution in [1.29, 1.82) is 0 Å². The van der Waals surface area contributed by atoms with E-state index in [2.05, 4.69) is 10.6 Å². The minimum atomic E-state index is -1.05. The number of nitrogens with one attached hydrogen (secondary N) is 2. The Morgan fingerprint density at radius 3 is 2.57 bits per heavy atom. The van der Waals surface area contributed by atoms with Crippen molar-refractivity contribution in [1.82, 2.24) is 5.32 Å². The monoisotopic (exact) mass is 509 g/mol. The van der Waals surface area contributed by atoms with Crippen molar-refractivity contribution in [3.05, 3.63) is 101 Å². The second kappa shape index (κ2) is 12.4. The van der Waals surface area contributed by atoms with Gasteiger partial charge in [0.2, 0.25) is 5.91 Å². The second-order valence-corrected chi connectivity index (χ2v) is 9.46. The van der Waals surface area contributed by atoms with Gasteiger partial charge in [-0.2, -0.15) is 0 Å². The number of hydrogen-bond acceptors (Lipinski definition) is 5. The number of aryl methyl sites for hydroxylation is 1. The number of amides is 1. The molecule has 8 heteroatoms. The van der Waals surface area contributed by atoms with Crippen molar-refractivity contribution in [2.24, 2.45) is 5.73 Å². The summed E-state index contributed by atoms with van der Waals surface area (Å²) in [6.45, 7) is 2.61. The third-order valence-corrected chi connectivity index (χ3v) is 6.86. The summed E-state index contributed by atoms with van der Waals surface area (Å²) in [7, 11) is 0. The standard InChI is InChI=1S/C29H33F2N3O3/c1-18-10-11-20(14-25(18)31)27(19-6-3-2-4-7-19)28(32)29(36)34-26-9-5-8-24(30)23(26)13-12-22-15-33-21(16-35)17-37-22/h2-11,14,21-22,27-28,33,35H,12-13,15-17,32H2,1H3,(H,34,36). The highest BCUT2D eigenvalue weighted by Gasteiger charge is 2.29. The zero-order valence-corrected chi connectivity index (χ0v) is 20.8. The Balaban J connectivity index is 1.52. The number of nitrogens with two attached hydrogens (primary N) is 1. The molecule has 0 bridgehead atoms. The van der Waals surface area contributed by atoms with E-state index in [0.717, 1.165) is 5.56 Å². The van der Waals surface area contributed by atoms with Gasteiger partial charge in [-0.1, -0.05) is 48.5 Å². The molecule has 37 heavy (non-hydrogen) atoms. The molecule has 0 spiro atoms. The Bertz CT molecular complexity index is 1200. The van der Waals surface area contributed by atoms with Crippen LogP contribution in [-0.2, 0) is 16.0 Å². The van der Waals surface area contributed by atoms with E-state index in [1.165, 1.54) is 18.2 Å². The van der Waals surface area contributed by atoms with Crippen LogP contribution in [0.25, 0.3) is 0 Å². The van der Waals surface area contributed by atoms with Gasteiger partial charge in [-0.15, -0.1) is 0 Å². The maximum Gasteiger partial charge on any atom is 0.242 e. The maximum atomic E-state index is 14.8. The molecule has 1 aliphatic rings. The lowest BCUT2D eigenvalue weighted by molar-refractivity contribution is -0.117. The van der Waals surface area contributed by atoms with Crippen LogP contribution in [0, 0.1) is 18.6 Å². The molecular weight excluding hydrogens is 476 g/mol. The van der Waals surface area contributed by atoms with Crippen LogP contribution in [0.5, 0.6) is 0 Å². The summed E-state index contributed by atoms with van der Waals surface area (Å²) in [5, 5.41) is 15.3. The number of halogens is 2. The molecule has 0 aromatic heterocycles. The number of carbonyl (C=O) groups is 1. The summed E-state index contributed by atoms with van der Waals surface area (Å²) < 4.78 is 35.0. The Kier molecular flexibility index (Phi) is 9.00. The quantitative estimate of drug-likeness (QED) is 0.353. The number of anilines is 1. The Morgan fingerprint density at radius 1 is 1.11 bits per heavy atom. The molecule has 1 fully saturated rings. The molecule has 4 unspecified atom stereocenters. The van der Waals surface area contributed by atoms with Gasteiger partial charge in [0.1, 0.15) is 11.6 Å². The van der Waals surface area contributed by atoms with Crippen LogP contribution in [0.2, 0.25) is 0 Å². The fourth-order valence-electron chi connectivity index (χ4n) is 4.64. The molecule has 196 valence electrons. The van der Waals surface area contributed by atoms with E-state index in [-0.39, 0.29) is 24.6 Å². The largest absolute Gasteiger partial charge is 0.395 e. The second-order valence-electron chi connectivity index (χ2n) is 9.46. The van der Waals surface area contributed by atoms with Crippen molar-refractivity contribution in [3.63, 3.8) is 0 Å². The van der Waals surface area contributed by atoms with E-state index in [1.54, 1.807) is 25.1 Å². The topological polar surface area (TPSA) is 96.6 Å². The molecular formula is C29H33F2N3O3. The van der Waals surface area contributed by atoms with Gasteiger partial charge in [0.15, 0.2) is 0 Å². The molecule has 3 aromatic carbocycles. The van der Waals surface area contributed by atoms with Crippen LogP contribution in [0.4, 0.5) is 14.5 Å². The van der Waals surface area contributed by atoms with Crippen LogP contribution in [0.15, 0.2) is 66.7 Å². The molecule has 1 aliphatic heterocycles. The van der Waals surface area contributed by atoms with E-state index < -0.39 is 23.7 Å². The van der Waals surface area contributed by atoms with E-state index in [4.69, 9.17) is 10.5 Å². The average Bonchev–Trinajstić information content (AvgIpc) is 2.91. The Morgan fingerprint density at radius 2 is 1.89 bits per heavy atom. The lowest BCUT2D eigenvalue weighted by atomic mass is 9.84. The highest BCUT2D eigenvalue weighted by atomic mass is 19.1. The number of rotatable bonds is 9. The summed E-state index contributed by atoms with van der Waals surface area (Å²) >= 11 is 0. The minimum Gasteiger partial charge on any atom is -0.395 e. The summed E-state index contributed by atoms with van der Waals surface area (Å²) in [4.78, 5) is 13.4. The van der Waals surface area contributed by atoms with E-state index >= 15 is 0 Å². The van der Waals surface area contributed by atoms with Crippen molar-refractivity contribution in [3.8, 4) is 0 Å². The number of ether oxygens (including phenoxy) is 1. The first-order valence-corrected chi connectivity index (χ1v) is 12.5. The summed E-state index contributed by atoms with van der Waals surface area (Å²) in [5.74, 6) is -1.90. The van der Waals surface area contributed by atoms with Gasteiger partial charge in [0.25, 0.3) is 0 Å². The molecule has 1 heterocycles. The summed E-state index contributed by atoms with van der Waals surface area (Å²) in [6, 6.07) is 17.5. The van der Waals surface area contributed by atoms with Gasteiger partial charge < -0.3 is 26.2 Å². The van der Waals surface area contributed by atoms with Crippen LogP contribution >= 0.6 is 0 Å². The fourth-order valence-corrected chi connectivity index (χ4v) is 4.64. The highest BCUT2D eigenvalue weighted by Crippen LogP contribution is 2.30. The predicted octanol–water partition coefficient (Wildman–Crippen LogP) is 3.65. The van der Waals surface area contributed by atoms with Gasteiger partial charge in [-0.25, -0.2) is 8.78 Å². The van der Waals surface area contributed by atoms with Gasteiger partial charge >= 0.3 is 0 Å². The zero-order valence-electron chi connectivity index (χ0n) is 20.8. The number of benzene rings is 3. The van der Waals surface area contributed by atoms with Gasteiger partial charge in [-0.05, 0) is 54.7 Å². The average molecular weight is 510 g/mol. The molecule has 0 saturated carbocycles. The Hall–Kier alpha value is -3.17. The molecule has 5 N–H and O–H groups in total.